The predicted molar refractivity (Wildman–Crippen MR) is 107 cm³/mol. The summed E-state index contributed by atoms with van der Waals surface area (Å²) in [5.74, 6) is 0.107. The van der Waals surface area contributed by atoms with Crippen LogP contribution >= 0.6 is 0 Å². The first-order valence-electron chi connectivity index (χ1n) is 10.6. The molecule has 1 saturated heterocycles. The summed E-state index contributed by atoms with van der Waals surface area (Å²) in [4.78, 5) is 15.2. The highest BCUT2D eigenvalue weighted by atomic mass is 16.5. The Morgan fingerprint density at radius 3 is 2.93 bits per heavy atom. The van der Waals surface area contributed by atoms with Crippen molar-refractivity contribution in [2.75, 3.05) is 13.2 Å². The number of hydrogen-bond acceptors (Lipinski definition) is 6. The van der Waals surface area contributed by atoms with Gasteiger partial charge in [-0.25, -0.2) is 0 Å². The molecule has 3 atom stereocenters. The van der Waals surface area contributed by atoms with E-state index in [0.717, 1.165) is 56.9 Å². The Hall–Kier alpha value is -2.19. The number of hydrogen-bond donors (Lipinski definition) is 1. The van der Waals surface area contributed by atoms with Crippen molar-refractivity contribution in [1.29, 1.82) is 0 Å². The molecule has 29 heavy (non-hydrogen) atoms. The van der Waals surface area contributed by atoms with Gasteiger partial charge in [0.05, 0.1) is 24.9 Å². The van der Waals surface area contributed by atoms with Gasteiger partial charge in [-0.15, -0.1) is 0 Å². The average molecular weight is 402 g/mol. The minimum Gasteiger partial charge on any atom is -0.375 e. The van der Waals surface area contributed by atoms with E-state index in [0.29, 0.717) is 6.54 Å². The van der Waals surface area contributed by atoms with Gasteiger partial charge in [0.15, 0.2) is 0 Å². The number of rotatable bonds is 6. The van der Waals surface area contributed by atoms with Crippen LogP contribution in [0.3, 0.4) is 0 Å². The molecule has 0 radical (unpaired) electrons. The van der Waals surface area contributed by atoms with Gasteiger partial charge in [0.2, 0.25) is 5.91 Å². The zero-order chi connectivity index (χ0) is 20.4. The molecule has 1 saturated carbocycles. The summed E-state index contributed by atoms with van der Waals surface area (Å²) in [6, 6.07) is 2.04. The summed E-state index contributed by atoms with van der Waals surface area (Å²) in [6.07, 6.45) is 4.36. The first kappa shape index (κ1) is 20.1. The molecular weight excluding hydrogens is 370 g/mol. The van der Waals surface area contributed by atoms with Crippen LogP contribution in [-0.2, 0) is 29.2 Å². The van der Waals surface area contributed by atoms with E-state index in [-0.39, 0.29) is 24.0 Å². The van der Waals surface area contributed by atoms with Crippen LogP contribution in [0.2, 0.25) is 0 Å². The van der Waals surface area contributed by atoms with Gasteiger partial charge in [-0.3, -0.25) is 14.4 Å². The van der Waals surface area contributed by atoms with Gasteiger partial charge in [-0.2, -0.15) is 5.10 Å². The fourth-order valence-electron chi connectivity index (χ4n) is 4.74. The first-order chi connectivity index (χ1) is 14.1. The molecule has 2 aliphatic rings. The van der Waals surface area contributed by atoms with E-state index in [4.69, 9.17) is 9.26 Å². The second-order valence-electron chi connectivity index (χ2n) is 8.13. The largest absolute Gasteiger partial charge is 0.375 e. The van der Waals surface area contributed by atoms with Crippen LogP contribution in [0.15, 0.2) is 16.9 Å². The Balaban J connectivity index is 1.42. The smallest absolute Gasteiger partial charge is 0.223 e. The molecule has 0 bridgehead atoms. The van der Waals surface area contributed by atoms with Crippen molar-refractivity contribution in [2.45, 2.75) is 71.8 Å². The maximum atomic E-state index is 12.7. The first-order valence-corrected chi connectivity index (χ1v) is 10.6. The van der Waals surface area contributed by atoms with Crippen molar-refractivity contribution < 1.29 is 14.1 Å². The lowest BCUT2D eigenvalue weighted by molar-refractivity contribution is -0.134. The molecule has 2 aromatic heterocycles. The van der Waals surface area contributed by atoms with Crippen LogP contribution < -0.4 is 5.32 Å². The minimum absolute atomic E-state index is 0.00732. The van der Waals surface area contributed by atoms with Crippen LogP contribution in [0.25, 0.3) is 0 Å². The highest BCUT2D eigenvalue weighted by Crippen LogP contribution is 2.34. The number of carbonyl (C=O) groups excluding carboxylic acids is 1. The van der Waals surface area contributed by atoms with E-state index in [2.05, 4.69) is 45.9 Å². The van der Waals surface area contributed by atoms with E-state index in [1.165, 1.54) is 17.5 Å². The average Bonchev–Trinajstić information content (AvgIpc) is 3.35. The molecule has 2 aromatic rings. The molecule has 0 aromatic carbocycles. The Morgan fingerprint density at radius 2 is 2.21 bits per heavy atom. The lowest BCUT2D eigenvalue weighted by Crippen LogP contribution is -2.55. The summed E-state index contributed by atoms with van der Waals surface area (Å²) < 4.78 is 13.0. The van der Waals surface area contributed by atoms with Crippen molar-refractivity contribution in [1.82, 2.24) is 25.2 Å². The Bertz CT molecular complexity index is 832. The number of nitrogens with one attached hydrogen (secondary N) is 1. The molecule has 3 heterocycles. The predicted octanol–water partition coefficient (Wildman–Crippen LogP) is 2.19. The van der Waals surface area contributed by atoms with E-state index in [9.17, 15) is 4.79 Å². The number of carbonyl (C=O) groups is 1. The molecule has 4 rings (SSSR count). The zero-order valence-electron chi connectivity index (χ0n) is 17.6. The maximum Gasteiger partial charge on any atom is 0.223 e. The van der Waals surface area contributed by atoms with E-state index < -0.39 is 0 Å². The number of ether oxygens (including phenoxy) is 1. The molecule has 1 aliphatic heterocycles. The van der Waals surface area contributed by atoms with Gasteiger partial charge in [0.1, 0.15) is 12.0 Å². The number of amides is 1. The highest BCUT2D eigenvalue weighted by molar-refractivity contribution is 5.78. The summed E-state index contributed by atoms with van der Waals surface area (Å²) in [5, 5.41) is 11.5. The second kappa shape index (κ2) is 8.67. The zero-order valence-corrected chi connectivity index (χ0v) is 17.6. The lowest BCUT2D eigenvalue weighted by atomic mass is 9.81. The summed E-state index contributed by atoms with van der Waals surface area (Å²) >= 11 is 0. The second-order valence-corrected chi connectivity index (χ2v) is 8.13. The monoisotopic (exact) mass is 401 g/mol. The number of fused-ring (bicyclic) bond motifs is 1. The van der Waals surface area contributed by atoms with Crippen LogP contribution in [0.1, 0.15) is 48.8 Å². The molecule has 8 nitrogen and oxygen atoms in total. The summed E-state index contributed by atoms with van der Waals surface area (Å²) in [7, 11) is 0. The molecule has 1 N–H and O–H groups in total. The van der Waals surface area contributed by atoms with Gasteiger partial charge < -0.3 is 14.6 Å². The van der Waals surface area contributed by atoms with Crippen molar-refractivity contribution in [2.24, 2.45) is 5.92 Å². The molecular formula is C21H31N5O3. The molecule has 0 spiro atoms. The van der Waals surface area contributed by atoms with Crippen LogP contribution in [0.4, 0.5) is 0 Å². The Labute approximate surface area is 171 Å². The fourth-order valence-corrected chi connectivity index (χ4v) is 4.74. The van der Waals surface area contributed by atoms with E-state index in [1.807, 2.05) is 0 Å². The quantitative estimate of drug-likeness (QED) is 0.799. The fraction of sp³-hybridized carbons (Fsp3) is 0.667. The third-order valence-corrected chi connectivity index (χ3v) is 6.43. The normalized spacial score (nSPS) is 25.0. The Kier molecular flexibility index (Phi) is 6.01. The van der Waals surface area contributed by atoms with E-state index >= 15 is 0 Å². The summed E-state index contributed by atoms with van der Waals surface area (Å²) in [5.41, 5.74) is 4.40. The topological polar surface area (TPSA) is 85.4 Å². The molecule has 158 valence electrons. The van der Waals surface area contributed by atoms with Crippen molar-refractivity contribution >= 4 is 5.91 Å². The molecule has 2 fully saturated rings. The third kappa shape index (κ3) is 4.23. The molecule has 0 unspecified atom stereocenters. The summed E-state index contributed by atoms with van der Waals surface area (Å²) in [6.45, 7) is 10.2. The standard InChI is InChI=1S/C21H31N5O3/c1-4-26-15(3)18(14(2)23-26)13-25-8-10-28-20-6-5-16(11-19(20)25)21(27)22-12-17-7-9-29-24-17/h7,9,16,19-20H,4-6,8,10-13H2,1-3H3,(H,22,27)/t16-,19+,20+/m0/s1. The number of morpholine rings is 1. The van der Waals surface area contributed by atoms with Crippen LogP contribution in [0, 0.1) is 19.8 Å². The molecule has 1 amide bonds. The van der Waals surface area contributed by atoms with Crippen molar-refractivity contribution in [3.05, 3.63) is 35.0 Å². The molecule has 1 aliphatic carbocycles. The minimum atomic E-state index is 0.00732. The van der Waals surface area contributed by atoms with Gasteiger partial charge in [-0.05, 0) is 40.0 Å². The van der Waals surface area contributed by atoms with Gasteiger partial charge in [0.25, 0.3) is 0 Å². The SMILES string of the molecule is CCn1nc(C)c(CN2CCO[C@@H]3CC[C@H](C(=O)NCc4ccon4)C[C@H]32)c1C. The number of nitrogens with zero attached hydrogens (tertiary/aromatic N) is 4. The lowest BCUT2D eigenvalue weighted by Gasteiger charge is -2.45. The maximum absolute atomic E-state index is 12.7. The number of aromatic nitrogens is 3. The third-order valence-electron chi connectivity index (χ3n) is 6.43. The van der Waals surface area contributed by atoms with Crippen molar-refractivity contribution in [3.63, 3.8) is 0 Å². The highest BCUT2D eigenvalue weighted by Gasteiger charge is 2.40. The van der Waals surface area contributed by atoms with Crippen LogP contribution in [0.5, 0.6) is 0 Å². The van der Waals surface area contributed by atoms with Gasteiger partial charge in [0, 0.05) is 48.9 Å². The molecule has 8 heteroatoms. The van der Waals surface area contributed by atoms with E-state index in [1.54, 1.807) is 6.07 Å². The van der Waals surface area contributed by atoms with Crippen molar-refractivity contribution in [3.8, 4) is 0 Å². The van der Waals surface area contributed by atoms with Gasteiger partial charge >= 0.3 is 0 Å². The van der Waals surface area contributed by atoms with Gasteiger partial charge in [-0.1, -0.05) is 5.16 Å². The Morgan fingerprint density at radius 1 is 1.34 bits per heavy atom. The number of aryl methyl sites for hydroxylation is 2. The van der Waals surface area contributed by atoms with Crippen LogP contribution in [-0.4, -0.2) is 51.0 Å².